The predicted octanol–water partition coefficient (Wildman–Crippen LogP) is 4.21. The molecular weight excluding hydrogens is 390 g/mol. The van der Waals surface area contributed by atoms with Crippen LogP contribution in [0.5, 0.6) is 0 Å². The molecule has 6 nitrogen and oxygen atoms in total. The van der Waals surface area contributed by atoms with Gasteiger partial charge in [0, 0.05) is 5.92 Å². The number of rotatable bonds is 6. The van der Waals surface area contributed by atoms with Crippen LogP contribution >= 0.6 is 0 Å². The van der Waals surface area contributed by atoms with Crippen molar-refractivity contribution in [2.75, 3.05) is 6.61 Å². The minimum atomic E-state index is -0.131. The van der Waals surface area contributed by atoms with Gasteiger partial charge in [0.25, 0.3) is 0 Å². The quantitative estimate of drug-likeness (QED) is 0.707. The first kappa shape index (κ1) is 21.7. The van der Waals surface area contributed by atoms with Gasteiger partial charge in [-0.3, -0.25) is 9.89 Å². The molecule has 1 aromatic rings. The smallest absolute Gasteiger partial charge is 0.159 e. The minimum absolute atomic E-state index is 0.131. The number of hydrogen-bond acceptors (Lipinski definition) is 4. The van der Waals surface area contributed by atoms with Crippen molar-refractivity contribution in [3.8, 4) is 0 Å². The van der Waals surface area contributed by atoms with Crippen molar-refractivity contribution in [3.05, 3.63) is 6.33 Å². The summed E-state index contributed by atoms with van der Waals surface area (Å²) in [6, 6.07) is 0. The standard InChI is InChI=1S/C25H41N3O3/c1-16(2)31-14-25-11-8-18(29)12-17(25)4-5-19-20-6-7-22(23(30)13-28-26-15-27-28)24(20,3)10-9-21(19)25/h15-22,29H,4-14H2,1-3H3,(H,26,27)/t17-,18-,19+,20?,21?,22-,24+,25-/m1/s1. The number of H-pyrrole nitrogens is 1. The normalized spacial score (nSPS) is 44.7. The highest BCUT2D eigenvalue weighted by Gasteiger charge is 2.62. The van der Waals surface area contributed by atoms with Crippen LogP contribution in [-0.4, -0.2) is 44.7 Å². The van der Waals surface area contributed by atoms with E-state index in [0.717, 1.165) is 38.7 Å². The van der Waals surface area contributed by atoms with E-state index in [4.69, 9.17) is 4.74 Å². The fourth-order valence-corrected chi connectivity index (χ4v) is 8.64. The van der Waals surface area contributed by atoms with Gasteiger partial charge >= 0.3 is 0 Å². The van der Waals surface area contributed by atoms with Gasteiger partial charge < -0.3 is 9.84 Å². The fraction of sp³-hybridized carbons (Fsp3) is 0.920. The Morgan fingerprint density at radius 1 is 1.19 bits per heavy atom. The summed E-state index contributed by atoms with van der Waals surface area (Å²) >= 11 is 0. The number of Topliss-reactive ketones (excluding diaryl/α,β-unsaturated/α-hetero) is 1. The van der Waals surface area contributed by atoms with Crippen LogP contribution in [0, 0.1) is 40.4 Å². The van der Waals surface area contributed by atoms with Crippen LogP contribution in [0.2, 0.25) is 0 Å². The molecule has 2 N–H and O–H groups in total. The van der Waals surface area contributed by atoms with Crippen LogP contribution < -0.4 is 0 Å². The van der Waals surface area contributed by atoms with Crippen molar-refractivity contribution >= 4 is 5.78 Å². The maximum Gasteiger partial charge on any atom is 0.159 e. The Labute approximate surface area is 186 Å². The summed E-state index contributed by atoms with van der Waals surface area (Å²) in [6.07, 6.45) is 11.8. The van der Waals surface area contributed by atoms with Crippen molar-refractivity contribution in [2.24, 2.45) is 40.4 Å². The van der Waals surface area contributed by atoms with Crippen LogP contribution in [0.25, 0.3) is 0 Å². The molecule has 6 heteroatoms. The first-order valence-corrected chi connectivity index (χ1v) is 12.7. The molecule has 1 aromatic heterocycles. The molecule has 1 heterocycles. The van der Waals surface area contributed by atoms with Crippen molar-refractivity contribution in [1.29, 1.82) is 0 Å². The second kappa shape index (κ2) is 8.02. The number of hydrogen-bond donors (Lipinski definition) is 2. The van der Waals surface area contributed by atoms with Crippen molar-refractivity contribution in [2.45, 2.75) is 97.3 Å². The molecule has 4 fully saturated rings. The molecule has 0 aliphatic heterocycles. The van der Waals surface area contributed by atoms with Crippen molar-refractivity contribution < 1.29 is 14.6 Å². The zero-order valence-corrected chi connectivity index (χ0v) is 19.6. The Balaban J connectivity index is 1.38. The molecule has 31 heavy (non-hydrogen) atoms. The third-order valence-electron chi connectivity index (χ3n) is 10.1. The van der Waals surface area contributed by atoms with Crippen LogP contribution in [0.1, 0.15) is 78.6 Å². The lowest BCUT2D eigenvalue weighted by molar-refractivity contribution is -0.170. The van der Waals surface area contributed by atoms with Gasteiger partial charge in [-0.2, -0.15) is 4.80 Å². The van der Waals surface area contributed by atoms with E-state index in [-0.39, 0.29) is 29.0 Å². The summed E-state index contributed by atoms with van der Waals surface area (Å²) in [5.74, 6) is 3.17. The fourth-order valence-electron chi connectivity index (χ4n) is 8.64. The van der Waals surface area contributed by atoms with Crippen molar-refractivity contribution in [3.63, 3.8) is 0 Å². The van der Waals surface area contributed by atoms with E-state index in [1.54, 1.807) is 11.1 Å². The Morgan fingerprint density at radius 3 is 2.71 bits per heavy atom. The molecule has 2 unspecified atom stereocenters. The lowest BCUT2D eigenvalue weighted by Gasteiger charge is -2.61. The lowest BCUT2D eigenvalue weighted by atomic mass is 9.44. The van der Waals surface area contributed by atoms with Gasteiger partial charge in [0.05, 0.1) is 18.8 Å². The molecule has 0 spiro atoms. The first-order chi connectivity index (χ1) is 14.8. The largest absolute Gasteiger partial charge is 0.393 e. The number of ether oxygens (including phenoxy) is 1. The van der Waals surface area contributed by atoms with Crippen LogP contribution in [-0.2, 0) is 16.1 Å². The van der Waals surface area contributed by atoms with Gasteiger partial charge in [-0.05, 0) is 106 Å². The first-order valence-electron chi connectivity index (χ1n) is 12.7. The summed E-state index contributed by atoms with van der Waals surface area (Å²) in [7, 11) is 0. The Hall–Kier alpha value is -1.14. The van der Waals surface area contributed by atoms with E-state index in [9.17, 15) is 9.90 Å². The highest BCUT2D eigenvalue weighted by Crippen LogP contribution is 2.67. The van der Waals surface area contributed by atoms with Gasteiger partial charge in [-0.1, -0.05) is 6.92 Å². The molecule has 8 atom stereocenters. The Morgan fingerprint density at radius 2 is 2.00 bits per heavy atom. The number of nitrogens with one attached hydrogen (secondary N) is 1. The zero-order chi connectivity index (χ0) is 21.8. The van der Waals surface area contributed by atoms with E-state index < -0.39 is 0 Å². The molecule has 0 radical (unpaired) electrons. The third-order valence-corrected chi connectivity index (χ3v) is 10.1. The summed E-state index contributed by atoms with van der Waals surface area (Å²) < 4.78 is 6.32. The molecule has 0 saturated heterocycles. The average Bonchev–Trinajstić information content (AvgIpc) is 3.06. The van der Waals surface area contributed by atoms with E-state index in [2.05, 4.69) is 31.0 Å². The van der Waals surface area contributed by atoms with Gasteiger partial charge in [0.2, 0.25) is 0 Å². The maximum atomic E-state index is 13.2. The molecular formula is C25H41N3O3. The average molecular weight is 432 g/mol. The topological polar surface area (TPSA) is 80.1 Å². The van der Waals surface area contributed by atoms with Gasteiger partial charge in [0.15, 0.2) is 5.78 Å². The molecule has 4 aliphatic carbocycles. The second-order valence-electron chi connectivity index (χ2n) is 11.7. The van der Waals surface area contributed by atoms with Crippen LogP contribution in [0.4, 0.5) is 0 Å². The summed E-state index contributed by atoms with van der Waals surface area (Å²) in [4.78, 5) is 14.8. The summed E-state index contributed by atoms with van der Waals surface area (Å²) in [5, 5.41) is 17.5. The maximum absolute atomic E-state index is 13.2. The number of ketones is 1. The SMILES string of the molecule is CC(C)OC[C@]12CC[C@@H](O)C[C@H]1CC[C@@H]1C2CC[C@@]2(C)C1CC[C@@H]2C(=O)Cn1nc[nH]1. The second-order valence-corrected chi connectivity index (χ2v) is 11.7. The third kappa shape index (κ3) is 3.52. The Kier molecular flexibility index (Phi) is 5.61. The molecule has 0 bridgehead atoms. The predicted molar refractivity (Wildman–Crippen MR) is 118 cm³/mol. The van der Waals surface area contributed by atoms with Crippen LogP contribution in [0.15, 0.2) is 6.33 Å². The van der Waals surface area contributed by atoms with E-state index >= 15 is 0 Å². The molecule has 4 saturated carbocycles. The molecule has 4 aliphatic rings. The number of fused-ring (bicyclic) bond motifs is 5. The van der Waals surface area contributed by atoms with Gasteiger partial charge in [0.1, 0.15) is 12.9 Å². The van der Waals surface area contributed by atoms with Gasteiger partial charge in [-0.25, -0.2) is 0 Å². The number of nitrogens with zero attached hydrogens (tertiary/aromatic N) is 2. The molecule has 5 rings (SSSR count). The number of aliphatic hydroxyl groups is 1. The van der Waals surface area contributed by atoms with E-state index in [0.29, 0.717) is 36.0 Å². The minimum Gasteiger partial charge on any atom is -0.393 e. The summed E-state index contributed by atoms with van der Waals surface area (Å²) in [6.45, 7) is 7.96. The molecule has 0 amide bonds. The number of aromatic nitrogens is 3. The van der Waals surface area contributed by atoms with E-state index in [1.807, 2.05) is 0 Å². The van der Waals surface area contributed by atoms with Gasteiger partial charge in [-0.15, -0.1) is 5.10 Å². The monoisotopic (exact) mass is 431 g/mol. The van der Waals surface area contributed by atoms with Crippen LogP contribution in [0.3, 0.4) is 0 Å². The number of aliphatic hydroxyl groups excluding tert-OH is 1. The number of aromatic amines is 1. The lowest BCUT2D eigenvalue weighted by Crippen LogP contribution is -2.57. The summed E-state index contributed by atoms with van der Waals surface area (Å²) in [5.41, 5.74) is 0.361. The molecule has 0 aromatic carbocycles. The Bertz CT molecular complexity index is 778. The highest BCUT2D eigenvalue weighted by atomic mass is 16.5. The molecule has 174 valence electrons. The zero-order valence-electron chi connectivity index (χ0n) is 19.6. The number of carbonyl (C=O) groups is 1. The van der Waals surface area contributed by atoms with E-state index in [1.165, 1.54) is 25.7 Å². The number of carbonyl (C=O) groups excluding carboxylic acids is 1. The highest BCUT2D eigenvalue weighted by molar-refractivity contribution is 5.82. The van der Waals surface area contributed by atoms with Crippen molar-refractivity contribution in [1.82, 2.24) is 15.0 Å².